The van der Waals surface area contributed by atoms with Crippen LogP contribution in [0.5, 0.6) is 5.75 Å². The van der Waals surface area contributed by atoms with Crippen molar-refractivity contribution in [3.8, 4) is 17.0 Å². The van der Waals surface area contributed by atoms with Gasteiger partial charge in [-0.2, -0.15) is 0 Å². The first-order chi connectivity index (χ1) is 19.8. The maximum absolute atomic E-state index is 11.6. The number of aryl methyl sites for hydroxylation is 1. The summed E-state index contributed by atoms with van der Waals surface area (Å²) in [6.45, 7) is 7.44. The number of aliphatic hydroxyl groups excluding tert-OH is 1. The fourth-order valence-corrected chi connectivity index (χ4v) is 4.78. The number of carbonyl (C=O) groups is 1. The van der Waals surface area contributed by atoms with Gasteiger partial charge in [0.25, 0.3) is 0 Å². The number of ether oxygens (including phenoxy) is 2. The highest BCUT2D eigenvalue weighted by molar-refractivity contribution is 8.00. The second-order valence-electron chi connectivity index (χ2n) is 10.3. The molecular weight excluding hydrogens is 536 g/mol. The minimum Gasteiger partial charge on any atom is -0.482 e. The first kappa shape index (κ1) is 30.2. The van der Waals surface area contributed by atoms with Crippen LogP contribution < -0.4 is 14.8 Å². The number of nitrogens with one attached hydrogen (secondary N) is 2. The van der Waals surface area contributed by atoms with Gasteiger partial charge in [0.05, 0.1) is 24.7 Å². The quantitative estimate of drug-likeness (QED) is 0.116. The maximum Gasteiger partial charge on any atom is 0.344 e. The van der Waals surface area contributed by atoms with E-state index in [0.29, 0.717) is 18.9 Å². The summed E-state index contributed by atoms with van der Waals surface area (Å²) >= 11 is 1.54. The normalized spacial score (nSPS) is 12.1. The summed E-state index contributed by atoms with van der Waals surface area (Å²) in [4.78, 5) is 17.3. The van der Waals surface area contributed by atoms with Crippen LogP contribution in [0.1, 0.15) is 38.9 Å². The number of nitrogens with zero attached hydrogens (tertiary/aromatic N) is 2. The number of hydrogen-bond donors (Lipinski definition) is 3. The van der Waals surface area contributed by atoms with Gasteiger partial charge in [0.2, 0.25) is 0 Å². The number of aliphatic hydroxyl groups is 1. The lowest BCUT2D eigenvalue weighted by Gasteiger charge is -2.28. The van der Waals surface area contributed by atoms with Gasteiger partial charge in [0.15, 0.2) is 6.61 Å². The Morgan fingerprint density at radius 3 is 2.68 bits per heavy atom. The number of aromatic nitrogens is 2. The predicted molar refractivity (Wildman–Crippen MR) is 164 cm³/mol. The minimum atomic E-state index is -0.629. The van der Waals surface area contributed by atoms with Gasteiger partial charge >= 0.3 is 5.97 Å². The molecule has 0 fully saturated rings. The van der Waals surface area contributed by atoms with E-state index >= 15 is 0 Å². The third kappa shape index (κ3) is 9.67. The molecule has 9 heteroatoms. The molecule has 8 nitrogen and oxygen atoms in total. The number of benzene rings is 3. The molecule has 1 heterocycles. The highest BCUT2D eigenvalue weighted by atomic mass is 32.2. The summed E-state index contributed by atoms with van der Waals surface area (Å²) in [5.74, 6) is 0.194. The number of imidazole rings is 1. The Kier molecular flexibility index (Phi) is 10.8. The molecule has 41 heavy (non-hydrogen) atoms. The van der Waals surface area contributed by atoms with E-state index in [1.165, 1.54) is 0 Å². The van der Waals surface area contributed by atoms with Gasteiger partial charge < -0.3 is 29.2 Å². The Hall–Kier alpha value is -3.79. The molecule has 216 valence electrons. The zero-order chi connectivity index (χ0) is 29.1. The number of anilines is 1. The molecule has 0 amide bonds. The summed E-state index contributed by atoms with van der Waals surface area (Å²) in [6, 6.07) is 25.5. The molecule has 0 bridgehead atoms. The third-order valence-corrected chi connectivity index (χ3v) is 7.34. The van der Waals surface area contributed by atoms with Gasteiger partial charge in [-0.1, -0.05) is 42.5 Å². The molecule has 0 saturated heterocycles. The lowest BCUT2D eigenvalue weighted by Crippen LogP contribution is -2.42. The van der Waals surface area contributed by atoms with E-state index in [2.05, 4.69) is 45.6 Å². The van der Waals surface area contributed by atoms with Gasteiger partial charge in [0.1, 0.15) is 5.75 Å². The monoisotopic (exact) mass is 574 g/mol. The fraction of sp³-hybridized carbons (Fsp3) is 0.312. The number of hydrogen-bond acceptors (Lipinski definition) is 8. The van der Waals surface area contributed by atoms with Crippen LogP contribution in [-0.2, 0) is 16.1 Å². The molecule has 0 spiro atoms. The maximum atomic E-state index is 11.6. The van der Waals surface area contributed by atoms with Crippen molar-refractivity contribution in [2.24, 2.45) is 0 Å². The second-order valence-corrected chi connectivity index (χ2v) is 11.2. The van der Waals surface area contributed by atoms with E-state index in [1.54, 1.807) is 24.9 Å². The van der Waals surface area contributed by atoms with E-state index in [-0.39, 0.29) is 12.1 Å². The van der Waals surface area contributed by atoms with Crippen LogP contribution in [0.25, 0.3) is 11.3 Å². The first-order valence-corrected chi connectivity index (χ1v) is 14.5. The second kappa shape index (κ2) is 14.7. The summed E-state index contributed by atoms with van der Waals surface area (Å²) < 4.78 is 15.9. The third-order valence-electron chi connectivity index (χ3n) is 6.50. The van der Waals surface area contributed by atoms with Crippen molar-refractivity contribution >= 4 is 23.6 Å². The average Bonchev–Trinajstić information content (AvgIpc) is 3.47. The topological polar surface area (TPSA) is 97.6 Å². The smallest absolute Gasteiger partial charge is 0.344 e. The molecule has 4 aromatic rings. The van der Waals surface area contributed by atoms with Crippen LogP contribution in [0.4, 0.5) is 5.69 Å². The van der Waals surface area contributed by atoms with Crippen molar-refractivity contribution in [2.75, 3.05) is 24.5 Å². The van der Waals surface area contributed by atoms with E-state index in [1.807, 2.05) is 73.2 Å². The van der Waals surface area contributed by atoms with Gasteiger partial charge in [-0.15, -0.1) is 0 Å². The Morgan fingerprint density at radius 2 is 1.88 bits per heavy atom. The zero-order valence-electron chi connectivity index (χ0n) is 23.7. The van der Waals surface area contributed by atoms with Crippen molar-refractivity contribution in [1.29, 1.82) is 0 Å². The molecule has 0 saturated carbocycles. The SMILES string of the molecule is CCOC(=O)COc1cccc(-c2cn(CCC(C)(C)NCC(O)c3cccc(NSc4ccccc4)c3)cn2)c1. The van der Waals surface area contributed by atoms with Crippen LogP contribution in [0.2, 0.25) is 0 Å². The van der Waals surface area contributed by atoms with Gasteiger partial charge in [-0.25, -0.2) is 9.78 Å². The first-order valence-electron chi connectivity index (χ1n) is 13.7. The number of rotatable bonds is 15. The lowest BCUT2D eigenvalue weighted by atomic mass is 9.99. The van der Waals surface area contributed by atoms with Gasteiger partial charge in [-0.3, -0.25) is 0 Å². The summed E-state index contributed by atoms with van der Waals surface area (Å²) in [5, 5.41) is 14.4. The van der Waals surface area contributed by atoms with Crippen LogP contribution in [0.15, 0.2) is 96.3 Å². The average molecular weight is 575 g/mol. The highest BCUT2D eigenvalue weighted by Gasteiger charge is 2.20. The molecule has 0 aliphatic carbocycles. The van der Waals surface area contributed by atoms with Crippen molar-refractivity contribution < 1.29 is 19.4 Å². The molecule has 1 atom stereocenters. The molecule has 0 radical (unpaired) electrons. The molecule has 1 aromatic heterocycles. The van der Waals surface area contributed by atoms with Crippen molar-refractivity contribution in [2.45, 2.75) is 50.3 Å². The number of esters is 1. The number of carbonyl (C=O) groups excluding carboxylic acids is 1. The predicted octanol–water partition coefficient (Wildman–Crippen LogP) is 6.10. The highest BCUT2D eigenvalue weighted by Crippen LogP contribution is 2.25. The minimum absolute atomic E-state index is 0.127. The Bertz CT molecular complexity index is 1390. The lowest BCUT2D eigenvalue weighted by molar-refractivity contribution is -0.145. The molecular formula is C32H38N4O4S. The molecule has 0 aliphatic heterocycles. The van der Waals surface area contributed by atoms with Crippen molar-refractivity contribution in [3.05, 3.63) is 97.0 Å². The van der Waals surface area contributed by atoms with Crippen molar-refractivity contribution in [3.63, 3.8) is 0 Å². The Balaban J connectivity index is 1.25. The van der Waals surface area contributed by atoms with Gasteiger partial charge in [0, 0.05) is 41.0 Å². The summed E-state index contributed by atoms with van der Waals surface area (Å²) in [5.41, 5.74) is 3.34. The van der Waals surface area contributed by atoms with Crippen LogP contribution >= 0.6 is 11.9 Å². The Labute approximate surface area is 246 Å². The van der Waals surface area contributed by atoms with Crippen LogP contribution in [-0.4, -0.2) is 45.9 Å². The molecule has 4 rings (SSSR count). The molecule has 3 N–H and O–H groups in total. The van der Waals surface area contributed by atoms with E-state index in [0.717, 1.165) is 40.4 Å². The summed E-state index contributed by atoms with van der Waals surface area (Å²) in [6.07, 6.45) is 4.03. The van der Waals surface area contributed by atoms with E-state index < -0.39 is 12.1 Å². The van der Waals surface area contributed by atoms with E-state index in [4.69, 9.17) is 9.47 Å². The molecule has 0 aliphatic rings. The number of β-amino-alcohol motifs (C(OH)–C–C–N with tert-alkyl or cyclic N) is 1. The molecule has 1 unspecified atom stereocenters. The zero-order valence-corrected chi connectivity index (χ0v) is 24.6. The van der Waals surface area contributed by atoms with E-state index in [9.17, 15) is 9.90 Å². The van der Waals surface area contributed by atoms with Crippen molar-refractivity contribution in [1.82, 2.24) is 14.9 Å². The summed E-state index contributed by atoms with van der Waals surface area (Å²) in [7, 11) is 0. The largest absolute Gasteiger partial charge is 0.482 e. The van der Waals surface area contributed by atoms with Crippen LogP contribution in [0, 0.1) is 0 Å². The Morgan fingerprint density at radius 1 is 1.07 bits per heavy atom. The van der Waals surface area contributed by atoms with Gasteiger partial charge in [-0.05, 0) is 81.1 Å². The van der Waals surface area contributed by atoms with Crippen LogP contribution in [0.3, 0.4) is 0 Å². The molecule has 3 aromatic carbocycles. The fourth-order valence-electron chi connectivity index (χ4n) is 4.13. The standard InChI is InChI=1S/C32H38N4O4S/c1-4-39-31(38)22-40-27-13-9-10-24(19-27)29-21-36(23-33-29)17-16-32(2,3)34-20-30(37)25-11-8-12-26(18-25)35-41-28-14-6-5-7-15-28/h5-15,18-19,21,23,30,34-35,37H,4,16-17,20,22H2,1-3H3.